The van der Waals surface area contributed by atoms with Crippen molar-refractivity contribution in [1.29, 1.82) is 0 Å². The Bertz CT molecular complexity index is 975. The Morgan fingerprint density at radius 2 is 1.93 bits per heavy atom. The summed E-state index contributed by atoms with van der Waals surface area (Å²) >= 11 is 0. The molecule has 1 N–H and O–H groups in total. The van der Waals surface area contributed by atoms with Crippen molar-refractivity contribution < 1.29 is 22.7 Å². The smallest absolute Gasteiger partial charge is 0.250 e. The maximum Gasteiger partial charge on any atom is 0.250 e. The van der Waals surface area contributed by atoms with Crippen molar-refractivity contribution in [3.05, 3.63) is 42.6 Å². The van der Waals surface area contributed by atoms with Gasteiger partial charge in [-0.3, -0.25) is 9.10 Å². The van der Waals surface area contributed by atoms with Gasteiger partial charge in [0.1, 0.15) is 5.75 Å². The van der Waals surface area contributed by atoms with Crippen LogP contribution in [0.1, 0.15) is 6.42 Å². The summed E-state index contributed by atoms with van der Waals surface area (Å²) in [5.74, 6) is 0.306. The zero-order chi connectivity index (χ0) is 19.2. The molecule has 1 aromatic carbocycles. The van der Waals surface area contributed by atoms with E-state index in [0.717, 1.165) is 0 Å². The van der Waals surface area contributed by atoms with Crippen molar-refractivity contribution in [2.75, 3.05) is 30.4 Å². The molecule has 1 aliphatic carbocycles. The van der Waals surface area contributed by atoms with E-state index in [1.807, 2.05) is 0 Å². The van der Waals surface area contributed by atoms with Crippen LogP contribution in [0.2, 0.25) is 0 Å². The summed E-state index contributed by atoms with van der Waals surface area (Å²) in [4.78, 5) is 16.8. The second-order valence-corrected chi connectivity index (χ2v) is 8.69. The van der Waals surface area contributed by atoms with Crippen LogP contribution in [0, 0.1) is 5.92 Å². The highest BCUT2D eigenvalue weighted by atomic mass is 32.2. The van der Waals surface area contributed by atoms with Gasteiger partial charge in [0.05, 0.1) is 31.8 Å². The number of carbonyl (C=O) groups is 1. The Balaban J connectivity index is 1.57. The first-order valence-corrected chi connectivity index (χ1v) is 9.84. The van der Waals surface area contributed by atoms with Gasteiger partial charge in [0.15, 0.2) is 4.75 Å². The van der Waals surface area contributed by atoms with Gasteiger partial charge in [0, 0.05) is 18.5 Å². The summed E-state index contributed by atoms with van der Waals surface area (Å²) in [5.41, 5.74) is 0.959. The lowest BCUT2D eigenvalue weighted by Gasteiger charge is -2.23. The molecule has 2 atom stereocenters. The number of ether oxygens (including phenoxy) is 2. The second-order valence-electron chi connectivity index (χ2n) is 6.57. The Kier molecular flexibility index (Phi) is 3.99. The molecule has 2 heterocycles. The van der Waals surface area contributed by atoms with Crippen molar-refractivity contribution in [2.24, 2.45) is 5.92 Å². The molecule has 4 rings (SSSR count). The molecule has 8 nitrogen and oxygen atoms in total. The number of pyridine rings is 1. The van der Waals surface area contributed by atoms with Crippen molar-refractivity contribution in [1.82, 2.24) is 4.98 Å². The SMILES string of the molecule is COc1ccc(N2CC3CC3(C(=O)Nc3ccc(OC)nc3)S2(=O)=O)cc1. The summed E-state index contributed by atoms with van der Waals surface area (Å²) in [6, 6.07) is 9.99. The number of nitrogens with one attached hydrogen (secondary N) is 1. The lowest BCUT2D eigenvalue weighted by atomic mass is 10.2. The first-order chi connectivity index (χ1) is 12.9. The number of rotatable bonds is 5. The first-order valence-electron chi connectivity index (χ1n) is 8.40. The van der Waals surface area contributed by atoms with Crippen LogP contribution in [0.25, 0.3) is 0 Å². The predicted molar refractivity (Wildman–Crippen MR) is 99.5 cm³/mol. The number of carbonyl (C=O) groups excluding carboxylic acids is 1. The third-order valence-corrected chi connectivity index (χ3v) is 7.68. The molecule has 0 spiro atoms. The molecular weight excluding hydrogens is 370 g/mol. The second kappa shape index (κ2) is 6.12. The fraction of sp³-hybridized carbons (Fsp3) is 0.333. The molecule has 1 amide bonds. The zero-order valence-electron chi connectivity index (χ0n) is 14.9. The molecule has 1 aliphatic heterocycles. The van der Waals surface area contributed by atoms with Crippen molar-refractivity contribution in [3.8, 4) is 11.6 Å². The van der Waals surface area contributed by atoms with E-state index in [2.05, 4.69) is 10.3 Å². The number of aromatic nitrogens is 1. The molecule has 0 radical (unpaired) electrons. The number of fused-ring (bicyclic) bond motifs is 1. The average Bonchev–Trinajstić information content (AvgIpc) is 3.38. The number of nitrogens with zero attached hydrogens (tertiary/aromatic N) is 2. The van der Waals surface area contributed by atoms with Crippen molar-refractivity contribution in [2.45, 2.75) is 11.2 Å². The standard InChI is InChI=1S/C18H19N3O5S/c1-25-15-6-4-14(5-7-15)21-11-12-9-18(12,27(21,23)24)17(22)20-13-3-8-16(26-2)19-10-13/h3-8,10,12H,9,11H2,1-2H3,(H,20,22). The Morgan fingerprint density at radius 1 is 1.19 bits per heavy atom. The topological polar surface area (TPSA) is 97.8 Å². The highest BCUT2D eigenvalue weighted by Crippen LogP contribution is 2.58. The molecular formula is C18H19N3O5S. The van der Waals surface area contributed by atoms with E-state index in [1.54, 1.807) is 43.5 Å². The number of hydrogen-bond acceptors (Lipinski definition) is 6. The lowest BCUT2D eigenvalue weighted by molar-refractivity contribution is -0.116. The highest BCUT2D eigenvalue weighted by molar-refractivity contribution is 7.95. The van der Waals surface area contributed by atoms with Crippen LogP contribution in [0.3, 0.4) is 0 Å². The Labute approximate surface area is 157 Å². The van der Waals surface area contributed by atoms with Crippen molar-refractivity contribution >= 4 is 27.3 Å². The molecule has 2 unspecified atom stereocenters. The highest BCUT2D eigenvalue weighted by Gasteiger charge is 2.75. The van der Waals surface area contributed by atoms with Crippen LogP contribution < -0.4 is 19.1 Å². The van der Waals surface area contributed by atoms with E-state index in [9.17, 15) is 13.2 Å². The van der Waals surface area contributed by atoms with Gasteiger partial charge in [0.25, 0.3) is 0 Å². The van der Waals surface area contributed by atoms with Gasteiger partial charge in [-0.1, -0.05) is 0 Å². The number of methoxy groups -OCH3 is 2. The van der Waals surface area contributed by atoms with E-state index >= 15 is 0 Å². The average molecular weight is 389 g/mol. The van der Waals surface area contributed by atoms with Crippen LogP contribution in [0.15, 0.2) is 42.6 Å². The monoisotopic (exact) mass is 389 g/mol. The van der Waals surface area contributed by atoms with Gasteiger partial charge >= 0.3 is 0 Å². The minimum atomic E-state index is -3.82. The number of sulfonamides is 1. The largest absolute Gasteiger partial charge is 0.497 e. The van der Waals surface area contributed by atoms with E-state index < -0.39 is 20.7 Å². The summed E-state index contributed by atoms with van der Waals surface area (Å²) in [6.45, 7) is 0.295. The molecule has 1 aromatic heterocycles. The zero-order valence-corrected chi connectivity index (χ0v) is 15.7. The Morgan fingerprint density at radius 3 is 2.52 bits per heavy atom. The summed E-state index contributed by atoms with van der Waals surface area (Å²) in [5, 5.41) is 2.68. The fourth-order valence-corrected chi connectivity index (χ4v) is 5.89. The summed E-state index contributed by atoms with van der Waals surface area (Å²) < 4.78 is 36.3. The van der Waals surface area contributed by atoms with Gasteiger partial charge in [-0.2, -0.15) is 0 Å². The van der Waals surface area contributed by atoms with Gasteiger partial charge in [-0.15, -0.1) is 0 Å². The fourth-order valence-electron chi connectivity index (χ4n) is 3.53. The molecule has 2 fully saturated rings. The van der Waals surface area contributed by atoms with Crippen LogP contribution in [-0.4, -0.2) is 44.8 Å². The number of benzene rings is 1. The van der Waals surface area contributed by atoms with Crippen LogP contribution in [0.4, 0.5) is 11.4 Å². The lowest BCUT2D eigenvalue weighted by Crippen LogP contribution is -2.42. The predicted octanol–water partition coefficient (Wildman–Crippen LogP) is 1.65. The van der Waals surface area contributed by atoms with Gasteiger partial charge in [0.2, 0.25) is 21.8 Å². The molecule has 0 bridgehead atoms. The molecule has 2 aliphatic rings. The normalized spacial score (nSPS) is 24.8. The maximum absolute atomic E-state index is 13.1. The van der Waals surface area contributed by atoms with Gasteiger partial charge in [-0.05, 0) is 36.8 Å². The van der Waals surface area contributed by atoms with E-state index in [1.165, 1.54) is 17.6 Å². The third-order valence-electron chi connectivity index (χ3n) is 5.13. The van der Waals surface area contributed by atoms with Gasteiger partial charge in [-0.25, -0.2) is 13.4 Å². The van der Waals surface area contributed by atoms with Crippen LogP contribution >= 0.6 is 0 Å². The number of anilines is 2. The molecule has 2 aromatic rings. The maximum atomic E-state index is 13.1. The number of hydrogen-bond donors (Lipinski definition) is 1. The van der Waals surface area contributed by atoms with E-state index in [0.29, 0.717) is 36.0 Å². The molecule has 1 saturated heterocycles. The molecule has 27 heavy (non-hydrogen) atoms. The van der Waals surface area contributed by atoms with Crippen LogP contribution in [0.5, 0.6) is 11.6 Å². The van der Waals surface area contributed by atoms with Crippen molar-refractivity contribution in [3.63, 3.8) is 0 Å². The minimum Gasteiger partial charge on any atom is -0.497 e. The minimum absolute atomic E-state index is 0.226. The quantitative estimate of drug-likeness (QED) is 0.835. The number of amides is 1. The van der Waals surface area contributed by atoms with E-state index in [-0.39, 0.29) is 5.92 Å². The third kappa shape index (κ3) is 2.61. The van der Waals surface area contributed by atoms with E-state index in [4.69, 9.17) is 9.47 Å². The summed E-state index contributed by atoms with van der Waals surface area (Å²) in [6.07, 6.45) is 1.77. The Hall–Kier alpha value is -2.81. The van der Waals surface area contributed by atoms with Crippen LogP contribution in [-0.2, 0) is 14.8 Å². The first kappa shape index (κ1) is 17.6. The molecule has 1 saturated carbocycles. The molecule has 142 valence electrons. The summed E-state index contributed by atoms with van der Waals surface area (Å²) in [7, 11) is -0.784. The van der Waals surface area contributed by atoms with Gasteiger partial charge < -0.3 is 14.8 Å². The molecule has 9 heteroatoms.